The Kier molecular flexibility index (Phi) is 4.42. The van der Waals surface area contributed by atoms with Crippen molar-refractivity contribution in [2.45, 2.75) is 30.7 Å². The Morgan fingerprint density at radius 2 is 2.04 bits per heavy atom. The van der Waals surface area contributed by atoms with Gasteiger partial charge in [-0.25, -0.2) is 13.2 Å². The molecule has 1 saturated heterocycles. The number of hydrogen-bond donors (Lipinski definition) is 0. The van der Waals surface area contributed by atoms with Crippen molar-refractivity contribution in [3.8, 4) is 0 Å². The molecule has 1 fully saturated rings. The molecule has 24 heavy (non-hydrogen) atoms. The third-order valence-corrected chi connectivity index (χ3v) is 6.00. The molecule has 1 atom stereocenters. The van der Waals surface area contributed by atoms with Crippen LogP contribution in [0, 0.1) is 6.92 Å². The number of benzene rings is 1. The largest absolute Gasteiger partial charge is 0.465 e. The molecule has 1 unspecified atom stereocenters. The highest BCUT2D eigenvalue weighted by molar-refractivity contribution is 7.89. The normalized spacial score (nSPS) is 18.7. The Balaban J connectivity index is 1.90. The fourth-order valence-corrected chi connectivity index (χ4v) is 4.55. The number of carbonyl (C=O) groups excluding carboxylic acids is 1. The van der Waals surface area contributed by atoms with E-state index in [2.05, 4.69) is 9.89 Å². The van der Waals surface area contributed by atoms with E-state index < -0.39 is 16.0 Å². The lowest BCUT2D eigenvalue weighted by Crippen LogP contribution is -2.30. The van der Waals surface area contributed by atoms with Gasteiger partial charge in [-0.1, -0.05) is 5.16 Å². The molecule has 7 nitrogen and oxygen atoms in total. The third kappa shape index (κ3) is 2.94. The number of hydrogen-bond acceptors (Lipinski definition) is 6. The van der Waals surface area contributed by atoms with Crippen LogP contribution in [0.3, 0.4) is 0 Å². The van der Waals surface area contributed by atoms with Gasteiger partial charge in [0.05, 0.1) is 23.6 Å². The van der Waals surface area contributed by atoms with Crippen molar-refractivity contribution >= 4 is 16.0 Å². The number of aromatic nitrogens is 1. The van der Waals surface area contributed by atoms with Crippen molar-refractivity contribution in [1.29, 1.82) is 0 Å². The molecule has 0 bridgehead atoms. The summed E-state index contributed by atoms with van der Waals surface area (Å²) >= 11 is 0. The summed E-state index contributed by atoms with van der Waals surface area (Å²) < 4.78 is 37.0. The number of ether oxygens (including phenoxy) is 1. The second-order valence-electron chi connectivity index (χ2n) is 5.65. The van der Waals surface area contributed by atoms with Crippen LogP contribution >= 0.6 is 0 Å². The predicted octanol–water partition coefficient (Wildman–Crippen LogP) is 2.30. The Morgan fingerprint density at radius 3 is 2.62 bits per heavy atom. The number of esters is 1. The molecular formula is C16H18N2O5S. The van der Waals surface area contributed by atoms with E-state index in [1.807, 2.05) is 0 Å². The van der Waals surface area contributed by atoms with Crippen LogP contribution < -0.4 is 0 Å². The summed E-state index contributed by atoms with van der Waals surface area (Å²) in [6, 6.07) is 7.18. The topological polar surface area (TPSA) is 89.7 Å². The van der Waals surface area contributed by atoms with Crippen LogP contribution in [0.15, 0.2) is 39.8 Å². The zero-order valence-electron chi connectivity index (χ0n) is 13.4. The Morgan fingerprint density at radius 1 is 1.33 bits per heavy atom. The van der Waals surface area contributed by atoms with Crippen molar-refractivity contribution in [3.63, 3.8) is 0 Å². The van der Waals surface area contributed by atoms with Gasteiger partial charge >= 0.3 is 5.97 Å². The molecule has 128 valence electrons. The third-order valence-electron chi connectivity index (χ3n) is 4.07. The highest BCUT2D eigenvalue weighted by atomic mass is 32.2. The maximum Gasteiger partial charge on any atom is 0.337 e. The fourth-order valence-electron chi connectivity index (χ4n) is 2.88. The van der Waals surface area contributed by atoms with E-state index in [1.54, 1.807) is 13.0 Å². The number of methoxy groups -OCH3 is 1. The van der Waals surface area contributed by atoms with Gasteiger partial charge in [0.25, 0.3) is 0 Å². The molecule has 1 aromatic carbocycles. The minimum absolute atomic E-state index is 0.141. The van der Waals surface area contributed by atoms with E-state index in [4.69, 9.17) is 4.52 Å². The lowest BCUT2D eigenvalue weighted by molar-refractivity contribution is 0.0600. The molecule has 0 aliphatic carbocycles. The molecule has 0 N–H and O–H groups in total. The van der Waals surface area contributed by atoms with Gasteiger partial charge < -0.3 is 9.26 Å². The molecule has 1 aliphatic heterocycles. The van der Waals surface area contributed by atoms with E-state index in [9.17, 15) is 13.2 Å². The van der Waals surface area contributed by atoms with Crippen LogP contribution in [0.1, 0.15) is 40.7 Å². The van der Waals surface area contributed by atoms with Crippen molar-refractivity contribution in [2.75, 3.05) is 13.7 Å². The van der Waals surface area contributed by atoms with E-state index in [-0.39, 0.29) is 10.9 Å². The van der Waals surface area contributed by atoms with Crippen molar-refractivity contribution < 1.29 is 22.5 Å². The number of carbonyl (C=O) groups is 1. The lowest BCUT2D eigenvalue weighted by atomic mass is 10.1. The molecule has 3 rings (SSSR count). The summed E-state index contributed by atoms with van der Waals surface area (Å²) in [5.74, 6) is 0.146. The number of nitrogens with zero attached hydrogens (tertiary/aromatic N) is 2. The van der Waals surface area contributed by atoms with E-state index in [0.29, 0.717) is 30.0 Å². The standard InChI is InChI=1S/C16H18N2O5S/c1-11-10-14(17-23-11)15-4-3-9-18(15)24(20,21)13-7-5-12(6-8-13)16(19)22-2/h5-8,10,15H,3-4,9H2,1-2H3. The SMILES string of the molecule is COC(=O)c1ccc(S(=O)(=O)N2CCCC2c2cc(C)on2)cc1. The average Bonchev–Trinajstić information content (AvgIpc) is 3.23. The smallest absolute Gasteiger partial charge is 0.337 e. The first kappa shape index (κ1) is 16.7. The Hall–Kier alpha value is -2.19. The van der Waals surface area contributed by atoms with E-state index >= 15 is 0 Å². The summed E-state index contributed by atoms with van der Waals surface area (Å²) in [7, 11) is -2.40. The summed E-state index contributed by atoms with van der Waals surface area (Å²) in [6.45, 7) is 2.20. The zero-order chi connectivity index (χ0) is 17.3. The van der Waals surface area contributed by atoms with E-state index in [0.717, 1.165) is 6.42 Å². The van der Waals surface area contributed by atoms with Crippen LogP contribution in [0.4, 0.5) is 0 Å². The predicted molar refractivity (Wildman–Crippen MR) is 84.9 cm³/mol. The monoisotopic (exact) mass is 350 g/mol. The second kappa shape index (κ2) is 6.37. The molecule has 0 radical (unpaired) electrons. The molecule has 8 heteroatoms. The second-order valence-corrected chi connectivity index (χ2v) is 7.54. The summed E-state index contributed by atoms with van der Waals surface area (Å²) in [6.07, 6.45) is 1.46. The first-order valence-electron chi connectivity index (χ1n) is 7.57. The van der Waals surface area contributed by atoms with Crippen LogP contribution in [0.25, 0.3) is 0 Å². The quantitative estimate of drug-likeness (QED) is 0.786. The molecular weight excluding hydrogens is 332 g/mol. The van der Waals surface area contributed by atoms with E-state index in [1.165, 1.54) is 35.7 Å². The van der Waals surface area contributed by atoms with Gasteiger partial charge in [0.2, 0.25) is 10.0 Å². The minimum atomic E-state index is -3.68. The minimum Gasteiger partial charge on any atom is -0.465 e. The highest BCUT2D eigenvalue weighted by Gasteiger charge is 2.37. The summed E-state index contributed by atoms with van der Waals surface area (Å²) in [5, 5.41) is 3.96. The highest BCUT2D eigenvalue weighted by Crippen LogP contribution is 2.36. The molecule has 0 spiro atoms. The lowest BCUT2D eigenvalue weighted by Gasteiger charge is -2.22. The number of aryl methyl sites for hydroxylation is 1. The molecule has 1 aliphatic rings. The molecule has 0 amide bonds. The van der Waals surface area contributed by atoms with Gasteiger partial charge in [0.1, 0.15) is 11.5 Å². The van der Waals surface area contributed by atoms with Crippen LogP contribution in [0.5, 0.6) is 0 Å². The first-order valence-corrected chi connectivity index (χ1v) is 9.01. The van der Waals surface area contributed by atoms with Crippen LogP contribution in [0.2, 0.25) is 0 Å². The van der Waals surface area contributed by atoms with Gasteiger partial charge in [-0.2, -0.15) is 4.31 Å². The van der Waals surface area contributed by atoms with Gasteiger partial charge in [-0.15, -0.1) is 0 Å². The van der Waals surface area contributed by atoms with Crippen molar-refractivity contribution in [1.82, 2.24) is 9.46 Å². The molecule has 2 heterocycles. The first-order chi connectivity index (χ1) is 11.4. The summed E-state index contributed by atoms with van der Waals surface area (Å²) in [5.41, 5.74) is 0.932. The summed E-state index contributed by atoms with van der Waals surface area (Å²) in [4.78, 5) is 11.6. The van der Waals surface area contributed by atoms with Crippen LogP contribution in [-0.4, -0.2) is 37.5 Å². The van der Waals surface area contributed by atoms with Crippen LogP contribution in [-0.2, 0) is 14.8 Å². The Bertz CT molecular complexity index is 842. The zero-order valence-corrected chi connectivity index (χ0v) is 14.2. The Labute approximate surface area is 140 Å². The van der Waals surface area contributed by atoms with Gasteiger partial charge in [0, 0.05) is 12.6 Å². The number of sulfonamides is 1. The maximum atomic E-state index is 12.9. The fraction of sp³-hybridized carbons (Fsp3) is 0.375. The average molecular weight is 350 g/mol. The van der Waals surface area contributed by atoms with Gasteiger partial charge in [-0.05, 0) is 44.0 Å². The van der Waals surface area contributed by atoms with Crippen molar-refractivity contribution in [2.24, 2.45) is 0 Å². The maximum absolute atomic E-state index is 12.9. The molecule has 2 aromatic rings. The van der Waals surface area contributed by atoms with Gasteiger partial charge in [-0.3, -0.25) is 0 Å². The van der Waals surface area contributed by atoms with Gasteiger partial charge in [0.15, 0.2) is 0 Å². The molecule has 1 aromatic heterocycles. The van der Waals surface area contributed by atoms with Crippen molar-refractivity contribution in [3.05, 3.63) is 47.3 Å². The number of rotatable bonds is 4. The molecule has 0 saturated carbocycles.